The molecule has 1 fully saturated rings. The van der Waals surface area contributed by atoms with Crippen LogP contribution < -0.4 is 5.32 Å². The fourth-order valence-corrected chi connectivity index (χ4v) is 4.07. The topological polar surface area (TPSA) is 41.5 Å². The SMILES string of the molecule is Oc1cccc(C2Nc3ccc(Br)cc3C3OCCCC23)c1. The zero-order chi connectivity index (χ0) is 15.1. The van der Waals surface area contributed by atoms with Gasteiger partial charge in [0, 0.05) is 28.2 Å². The van der Waals surface area contributed by atoms with Crippen LogP contribution in [0.1, 0.15) is 36.1 Å². The van der Waals surface area contributed by atoms with Gasteiger partial charge in [-0.1, -0.05) is 28.1 Å². The lowest BCUT2D eigenvalue weighted by Gasteiger charge is -2.43. The molecule has 0 aromatic heterocycles. The van der Waals surface area contributed by atoms with Gasteiger partial charge >= 0.3 is 0 Å². The van der Waals surface area contributed by atoms with Crippen molar-refractivity contribution >= 4 is 21.6 Å². The largest absolute Gasteiger partial charge is 0.508 e. The minimum Gasteiger partial charge on any atom is -0.508 e. The molecule has 2 aromatic carbocycles. The number of rotatable bonds is 1. The summed E-state index contributed by atoms with van der Waals surface area (Å²) >= 11 is 3.56. The second-order valence-electron chi connectivity index (χ2n) is 6.05. The number of phenolic OH excluding ortho intramolecular Hbond substituents is 1. The van der Waals surface area contributed by atoms with Crippen LogP contribution in [-0.2, 0) is 4.74 Å². The summed E-state index contributed by atoms with van der Waals surface area (Å²) in [4.78, 5) is 0. The summed E-state index contributed by atoms with van der Waals surface area (Å²) in [7, 11) is 0. The molecule has 3 nitrogen and oxygen atoms in total. The number of anilines is 1. The number of phenols is 1. The highest BCUT2D eigenvalue weighted by Crippen LogP contribution is 2.49. The molecular weight excluding hydrogens is 342 g/mol. The Balaban J connectivity index is 1.79. The molecule has 2 aromatic rings. The van der Waals surface area contributed by atoms with Crippen molar-refractivity contribution in [2.45, 2.75) is 25.0 Å². The second-order valence-corrected chi connectivity index (χ2v) is 6.96. The first-order valence-electron chi connectivity index (χ1n) is 7.69. The summed E-state index contributed by atoms with van der Waals surface area (Å²) in [5, 5.41) is 13.5. The summed E-state index contributed by atoms with van der Waals surface area (Å²) in [5.74, 6) is 0.700. The van der Waals surface area contributed by atoms with Crippen molar-refractivity contribution < 1.29 is 9.84 Å². The van der Waals surface area contributed by atoms with E-state index in [1.165, 1.54) is 5.56 Å². The summed E-state index contributed by atoms with van der Waals surface area (Å²) in [5.41, 5.74) is 3.48. The first-order chi connectivity index (χ1) is 10.7. The van der Waals surface area contributed by atoms with Gasteiger partial charge in [0.25, 0.3) is 0 Å². The lowest BCUT2D eigenvalue weighted by atomic mass is 9.77. The molecule has 3 atom stereocenters. The zero-order valence-corrected chi connectivity index (χ0v) is 13.7. The van der Waals surface area contributed by atoms with Crippen molar-refractivity contribution in [3.63, 3.8) is 0 Å². The Bertz CT molecular complexity index is 703. The Kier molecular flexibility index (Phi) is 3.59. The van der Waals surface area contributed by atoms with E-state index in [2.05, 4.69) is 45.5 Å². The number of fused-ring (bicyclic) bond motifs is 3. The van der Waals surface area contributed by atoms with Gasteiger partial charge in [-0.25, -0.2) is 0 Å². The van der Waals surface area contributed by atoms with Crippen molar-refractivity contribution in [3.05, 3.63) is 58.1 Å². The van der Waals surface area contributed by atoms with Crippen LogP contribution in [0.4, 0.5) is 5.69 Å². The van der Waals surface area contributed by atoms with Crippen LogP contribution in [0.5, 0.6) is 5.75 Å². The van der Waals surface area contributed by atoms with Crippen molar-refractivity contribution in [3.8, 4) is 5.75 Å². The maximum Gasteiger partial charge on any atom is 0.115 e. The molecule has 1 saturated heterocycles. The second kappa shape index (κ2) is 5.60. The Hall–Kier alpha value is -1.52. The third kappa shape index (κ3) is 2.40. The van der Waals surface area contributed by atoms with Gasteiger partial charge in [-0.3, -0.25) is 0 Å². The van der Waals surface area contributed by atoms with Crippen LogP contribution in [0.25, 0.3) is 0 Å². The van der Waals surface area contributed by atoms with E-state index in [0.29, 0.717) is 11.7 Å². The average Bonchev–Trinajstić information content (AvgIpc) is 2.54. The summed E-state index contributed by atoms with van der Waals surface area (Å²) in [6.07, 6.45) is 2.33. The van der Waals surface area contributed by atoms with Gasteiger partial charge in [-0.2, -0.15) is 0 Å². The van der Waals surface area contributed by atoms with E-state index in [4.69, 9.17) is 4.74 Å². The molecule has 114 valence electrons. The maximum atomic E-state index is 9.81. The lowest BCUT2D eigenvalue weighted by Crippen LogP contribution is -2.35. The molecule has 0 spiro atoms. The predicted molar refractivity (Wildman–Crippen MR) is 90.0 cm³/mol. The highest BCUT2D eigenvalue weighted by Gasteiger charge is 2.39. The molecule has 0 aliphatic carbocycles. The minimum absolute atomic E-state index is 0.120. The molecule has 0 radical (unpaired) electrons. The Morgan fingerprint density at radius 1 is 1.18 bits per heavy atom. The van der Waals surface area contributed by atoms with Crippen molar-refractivity contribution in [1.29, 1.82) is 0 Å². The van der Waals surface area contributed by atoms with Crippen LogP contribution in [0.15, 0.2) is 46.9 Å². The fourth-order valence-electron chi connectivity index (χ4n) is 3.69. The van der Waals surface area contributed by atoms with E-state index < -0.39 is 0 Å². The van der Waals surface area contributed by atoms with Gasteiger partial charge in [-0.05, 0) is 48.7 Å². The molecule has 2 N–H and O–H groups in total. The van der Waals surface area contributed by atoms with Crippen LogP contribution >= 0.6 is 15.9 Å². The van der Waals surface area contributed by atoms with Crippen molar-refractivity contribution in [2.24, 2.45) is 5.92 Å². The van der Waals surface area contributed by atoms with Gasteiger partial charge in [-0.15, -0.1) is 0 Å². The average molecular weight is 360 g/mol. The normalized spacial score (nSPS) is 26.7. The molecule has 4 rings (SSSR count). The number of benzene rings is 2. The number of hydrogen-bond acceptors (Lipinski definition) is 3. The van der Waals surface area contributed by atoms with E-state index >= 15 is 0 Å². The van der Waals surface area contributed by atoms with E-state index in [1.807, 2.05) is 12.1 Å². The van der Waals surface area contributed by atoms with Gasteiger partial charge in [0.2, 0.25) is 0 Å². The molecule has 0 amide bonds. The smallest absolute Gasteiger partial charge is 0.115 e. The van der Waals surface area contributed by atoms with Crippen LogP contribution in [0, 0.1) is 5.92 Å². The van der Waals surface area contributed by atoms with Crippen molar-refractivity contribution in [2.75, 3.05) is 11.9 Å². The Labute approximate surface area is 138 Å². The number of halogens is 1. The summed E-state index contributed by atoms with van der Waals surface area (Å²) in [6, 6.07) is 14.0. The molecule has 4 heteroatoms. The van der Waals surface area contributed by atoms with E-state index in [-0.39, 0.29) is 12.1 Å². The van der Waals surface area contributed by atoms with E-state index in [1.54, 1.807) is 6.07 Å². The van der Waals surface area contributed by atoms with Gasteiger partial charge in [0.05, 0.1) is 12.1 Å². The fraction of sp³-hybridized carbons (Fsp3) is 0.333. The standard InChI is InChI=1S/C18H18BrNO2/c19-12-6-7-16-15(10-12)18-14(5-2-8-22-18)17(20-16)11-3-1-4-13(21)9-11/h1,3-4,6-7,9-10,14,17-18,20-21H,2,5,8H2. The highest BCUT2D eigenvalue weighted by molar-refractivity contribution is 9.10. The molecule has 2 aliphatic rings. The maximum absolute atomic E-state index is 9.81. The quantitative estimate of drug-likeness (QED) is 0.768. The lowest BCUT2D eigenvalue weighted by molar-refractivity contribution is -0.0381. The first kappa shape index (κ1) is 14.1. The summed E-state index contributed by atoms with van der Waals surface area (Å²) in [6.45, 7) is 0.819. The predicted octanol–water partition coefficient (Wildman–Crippen LogP) is 4.79. The summed E-state index contributed by atoms with van der Waals surface area (Å²) < 4.78 is 7.20. The molecule has 0 saturated carbocycles. The van der Waals surface area contributed by atoms with Gasteiger partial charge in [0.15, 0.2) is 0 Å². The Morgan fingerprint density at radius 2 is 2.09 bits per heavy atom. The van der Waals surface area contributed by atoms with E-state index in [0.717, 1.165) is 35.2 Å². The first-order valence-corrected chi connectivity index (χ1v) is 8.48. The highest BCUT2D eigenvalue weighted by atomic mass is 79.9. The molecule has 0 bridgehead atoms. The molecular formula is C18H18BrNO2. The van der Waals surface area contributed by atoms with Crippen LogP contribution in [-0.4, -0.2) is 11.7 Å². The Morgan fingerprint density at radius 3 is 2.95 bits per heavy atom. The number of aromatic hydroxyl groups is 1. The van der Waals surface area contributed by atoms with E-state index in [9.17, 15) is 5.11 Å². The zero-order valence-electron chi connectivity index (χ0n) is 12.1. The minimum atomic E-state index is 0.120. The van der Waals surface area contributed by atoms with Gasteiger partial charge < -0.3 is 15.2 Å². The number of nitrogens with one attached hydrogen (secondary N) is 1. The third-order valence-electron chi connectivity index (χ3n) is 4.66. The van der Waals surface area contributed by atoms with Crippen LogP contribution in [0.2, 0.25) is 0 Å². The van der Waals surface area contributed by atoms with Crippen molar-refractivity contribution in [1.82, 2.24) is 0 Å². The molecule has 3 unspecified atom stereocenters. The molecule has 22 heavy (non-hydrogen) atoms. The molecule has 2 heterocycles. The number of hydrogen-bond donors (Lipinski definition) is 2. The number of ether oxygens (including phenoxy) is 1. The van der Waals surface area contributed by atoms with Crippen LogP contribution in [0.3, 0.4) is 0 Å². The third-order valence-corrected chi connectivity index (χ3v) is 5.15. The monoisotopic (exact) mass is 359 g/mol. The van der Waals surface area contributed by atoms with Gasteiger partial charge in [0.1, 0.15) is 5.75 Å². The molecule has 2 aliphatic heterocycles.